The molecule has 0 spiro atoms. The van der Waals surface area contributed by atoms with Gasteiger partial charge in [0.05, 0.1) is 17.6 Å². The maximum absolute atomic E-state index is 12.5. The summed E-state index contributed by atoms with van der Waals surface area (Å²) < 4.78 is 27.0. The highest BCUT2D eigenvalue weighted by Gasteiger charge is 2.28. The first kappa shape index (κ1) is 16.4. The Morgan fingerprint density at radius 1 is 1.33 bits per heavy atom. The summed E-state index contributed by atoms with van der Waals surface area (Å²) in [5.74, 6) is -0.414. The molecule has 1 heterocycles. The van der Waals surface area contributed by atoms with Crippen LogP contribution in [0, 0.1) is 0 Å². The zero-order valence-electron chi connectivity index (χ0n) is 11.9. The highest BCUT2D eigenvalue weighted by Crippen LogP contribution is 2.26. The molecule has 0 saturated carbocycles. The predicted octanol–water partition coefficient (Wildman–Crippen LogP) is 1.87. The number of amides is 1. The molecular formula is C13H17BrN2O4S. The van der Waals surface area contributed by atoms with Crippen LogP contribution >= 0.6 is 15.9 Å². The van der Waals surface area contributed by atoms with Crippen molar-refractivity contribution in [3.63, 3.8) is 0 Å². The Hall–Kier alpha value is -0.960. The first-order valence-electron chi connectivity index (χ1n) is 6.50. The molecule has 1 amide bonds. The summed E-state index contributed by atoms with van der Waals surface area (Å²) in [6.07, 6.45) is 1.74. The number of benzene rings is 1. The summed E-state index contributed by atoms with van der Waals surface area (Å²) in [7, 11) is -0.703. The number of carbonyl (C=O) groups excluding carboxylic acids is 1. The molecule has 1 aliphatic rings. The standard InChI is InChI=1S/C13H17BrN2O4S/c1-15(20-2)13(17)11-9-10(5-6-12(11)14)21(18,19)16-7-3-4-8-16/h5-6,9H,3-4,7-8H2,1-2H3. The highest BCUT2D eigenvalue weighted by atomic mass is 79.9. The molecule has 1 aliphatic heterocycles. The van der Waals surface area contributed by atoms with E-state index in [1.807, 2.05) is 0 Å². The zero-order valence-corrected chi connectivity index (χ0v) is 14.3. The van der Waals surface area contributed by atoms with Gasteiger partial charge in [-0.3, -0.25) is 9.63 Å². The lowest BCUT2D eigenvalue weighted by molar-refractivity contribution is -0.0757. The van der Waals surface area contributed by atoms with Crippen LogP contribution in [0.3, 0.4) is 0 Å². The molecule has 8 heteroatoms. The monoisotopic (exact) mass is 376 g/mol. The van der Waals surface area contributed by atoms with Crippen molar-refractivity contribution in [2.45, 2.75) is 17.7 Å². The van der Waals surface area contributed by atoms with Crippen molar-refractivity contribution >= 4 is 31.9 Å². The minimum Gasteiger partial charge on any atom is -0.274 e. The molecule has 0 atom stereocenters. The van der Waals surface area contributed by atoms with Crippen molar-refractivity contribution in [2.24, 2.45) is 0 Å². The van der Waals surface area contributed by atoms with Gasteiger partial charge < -0.3 is 0 Å². The summed E-state index contributed by atoms with van der Waals surface area (Å²) in [6, 6.07) is 4.45. The van der Waals surface area contributed by atoms with Gasteiger partial charge in [0, 0.05) is 24.6 Å². The predicted molar refractivity (Wildman–Crippen MR) is 81.2 cm³/mol. The third-order valence-corrected chi connectivity index (χ3v) is 6.02. The van der Waals surface area contributed by atoms with Gasteiger partial charge in [0.25, 0.3) is 5.91 Å². The van der Waals surface area contributed by atoms with Crippen LogP contribution in [0.1, 0.15) is 23.2 Å². The van der Waals surface area contributed by atoms with Gasteiger partial charge >= 0.3 is 0 Å². The molecule has 0 aliphatic carbocycles. The molecule has 1 saturated heterocycles. The largest absolute Gasteiger partial charge is 0.278 e. The van der Waals surface area contributed by atoms with Crippen molar-refractivity contribution in [1.82, 2.24) is 9.37 Å². The van der Waals surface area contributed by atoms with E-state index < -0.39 is 15.9 Å². The van der Waals surface area contributed by atoms with Gasteiger partial charge in [-0.1, -0.05) is 0 Å². The summed E-state index contributed by atoms with van der Waals surface area (Å²) in [5, 5.41) is 1.05. The van der Waals surface area contributed by atoms with Gasteiger partial charge in [0.1, 0.15) is 0 Å². The fraction of sp³-hybridized carbons (Fsp3) is 0.462. The molecule has 0 bridgehead atoms. The Labute approximate surface area is 132 Å². The lowest BCUT2D eigenvalue weighted by Crippen LogP contribution is -2.29. The molecule has 0 radical (unpaired) electrons. The fourth-order valence-corrected chi connectivity index (χ4v) is 4.12. The molecule has 1 fully saturated rings. The van der Waals surface area contributed by atoms with Crippen molar-refractivity contribution in [2.75, 3.05) is 27.2 Å². The van der Waals surface area contributed by atoms with E-state index >= 15 is 0 Å². The van der Waals surface area contributed by atoms with E-state index in [2.05, 4.69) is 15.9 Å². The fourth-order valence-electron chi connectivity index (χ4n) is 2.16. The van der Waals surface area contributed by atoms with E-state index in [-0.39, 0.29) is 10.5 Å². The Morgan fingerprint density at radius 2 is 1.95 bits per heavy atom. The van der Waals surface area contributed by atoms with Gasteiger partial charge in [0.15, 0.2) is 0 Å². The minimum atomic E-state index is -3.54. The second-order valence-corrected chi connectivity index (χ2v) is 7.53. The second kappa shape index (κ2) is 6.43. The molecule has 0 unspecified atom stereocenters. The van der Waals surface area contributed by atoms with Crippen LogP contribution in [0.5, 0.6) is 0 Å². The van der Waals surface area contributed by atoms with Crippen molar-refractivity contribution < 1.29 is 18.0 Å². The van der Waals surface area contributed by atoms with Crippen LogP contribution in [0.25, 0.3) is 0 Å². The summed E-state index contributed by atoms with van der Waals surface area (Å²) in [5.41, 5.74) is 0.250. The van der Waals surface area contributed by atoms with Crippen LogP contribution in [0.15, 0.2) is 27.6 Å². The van der Waals surface area contributed by atoms with Crippen LogP contribution in [0.2, 0.25) is 0 Å². The van der Waals surface area contributed by atoms with Gasteiger partial charge in [-0.25, -0.2) is 13.5 Å². The SMILES string of the molecule is CON(C)C(=O)c1cc(S(=O)(=O)N2CCCC2)ccc1Br. The molecule has 0 aromatic heterocycles. The van der Waals surface area contributed by atoms with Crippen LogP contribution < -0.4 is 0 Å². The lowest BCUT2D eigenvalue weighted by Gasteiger charge is -2.18. The number of hydrogen-bond acceptors (Lipinski definition) is 4. The maximum Gasteiger partial charge on any atom is 0.278 e. The number of rotatable bonds is 4. The Kier molecular flexibility index (Phi) is 5.03. The number of halogens is 1. The summed E-state index contributed by atoms with van der Waals surface area (Å²) >= 11 is 3.27. The molecule has 1 aromatic carbocycles. The lowest BCUT2D eigenvalue weighted by atomic mass is 10.2. The quantitative estimate of drug-likeness (QED) is 0.752. The molecule has 116 valence electrons. The number of sulfonamides is 1. The number of nitrogens with zero attached hydrogens (tertiary/aromatic N) is 2. The smallest absolute Gasteiger partial charge is 0.274 e. The average Bonchev–Trinajstić information content (AvgIpc) is 3.01. The zero-order chi connectivity index (χ0) is 15.6. The summed E-state index contributed by atoms with van der Waals surface area (Å²) in [4.78, 5) is 17.1. The maximum atomic E-state index is 12.5. The minimum absolute atomic E-state index is 0.125. The van der Waals surface area contributed by atoms with E-state index in [0.717, 1.165) is 17.9 Å². The normalized spacial score (nSPS) is 16.1. The third-order valence-electron chi connectivity index (χ3n) is 3.43. The van der Waals surface area contributed by atoms with E-state index in [4.69, 9.17) is 4.84 Å². The van der Waals surface area contributed by atoms with Crippen molar-refractivity contribution in [3.05, 3.63) is 28.2 Å². The second-order valence-electron chi connectivity index (χ2n) is 4.74. The van der Waals surface area contributed by atoms with Crippen molar-refractivity contribution in [3.8, 4) is 0 Å². The van der Waals surface area contributed by atoms with Gasteiger partial charge in [-0.2, -0.15) is 4.31 Å². The van der Waals surface area contributed by atoms with Crippen LogP contribution in [-0.4, -0.2) is 50.9 Å². The van der Waals surface area contributed by atoms with Crippen LogP contribution in [-0.2, 0) is 14.9 Å². The number of carbonyl (C=O) groups is 1. The van der Waals surface area contributed by atoms with E-state index in [1.165, 1.54) is 30.6 Å². The van der Waals surface area contributed by atoms with Crippen LogP contribution in [0.4, 0.5) is 0 Å². The molecule has 1 aromatic rings. The van der Waals surface area contributed by atoms with Crippen molar-refractivity contribution in [1.29, 1.82) is 0 Å². The Morgan fingerprint density at radius 3 is 2.52 bits per heavy atom. The van der Waals surface area contributed by atoms with E-state index in [9.17, 15) is 13.2 Å². The first-order chi connectivity index (χ1) is 9.87. The third kappa shape index (κ3) is 3.28. The van der Waals surface area contributed by atoms with E-state index in [0.29, 0.717) is 17.6 Å². The number of hydrogen-bond donors (Lipinski definition) is 0. The molecule has 21 heavy (non-hydrogen) atoms. The average molecular weight is 377 g/mol. The van der Waals surface area contributed by atoms with Gasteiger partial charge in [0.2, 0.25) is 10.0 Å². The highest BCUT2D eigenvalue weighted by molar-refractivity contribution is 9.10. The Bertz CT molecular complexity index is 642. The summed E-state index contributed by atoms with van der Waals surface area (Å²) in [6.45, 7) is 1.05. The van der Waals surface area contributed by atoms with Gasteiger partial charge in [-0.05, 0) is 47.0 Å². The van der Waals surface area contributed by atoms with Gasteiger partial charge in [-0.15, -0.1) is 0 Å². The van der Waals surface area contributed by atoms with E-state index in [1.54, 1.807) is 6.07 Å². The molecule has 2 rings (SSSR count). The Balaban J connectivity index is 2.41. The number of hydroxylamine groups is 2. The molecule has 6 nitrogen and oxygen atoms in total. The topological polar surface area (TPSA) is 66.9 Å². The first-order valence-corrected chi connectivity index (χ1v) is 8.73. The molecule has 0 N–H and O–H groups in total. The molecular weight excluding hydrogens is 360 g/mol.